The van der Waals surface area contributed by atoms with E-state index in [0.717, 1.165) is 34.4 Å². The lowest BCUT2D eigenvalue weighted by Gasteiger charge is -2.33. The fraction of sp³-hybridized carbons (Fsp3) is 0.316. The number of nitrogens with one attached hydrogen (secondary N) is 1. The fourth-order valence-corrected chi connectivity index (χ4v) is 3.42. The highest BCUT2D eigenvalue weighted by Gasteiger charge is 2.32. The monoisotopic (exact) mass is 477 g/mol. The number of methoxy groups -OCH3 is 1. The number of hydrogen-bond acceptors (Lipinski definition) is 7. The Kier molecular flexibility index (Phi) is 5.73. The number of ether oxygens (including phenoxy) is 2. The summed E-state index contributed by atoms with van der Waals surface area (Å²) in [6, 6.07) is 5.13. The summed E-state index contributed by atoms with van der Waals surface area (Å²) in [6.45, 7) is -0.382. The Morgan fingerprint density at radius 3 is 2.70 bits per heavy atom. The van der Waals surface area contributed by atoms with Crippen molar-refractivity contribution in [2.24, 2.45) is 0 Å². The zero-order valence-corrected chi connectivity index (χ0v) is 17.4. The van der Waals surface area contributed by atoms with Gasteiger partial charge in [-0.25, -0.2) is 19.0 Å². The molecule has 0 spiro atoms. The van der Waals surface area contributed by atoms with E-state index in [-0.39, 0.29) is 30.6 Å². The van der Waals surface area contributed by atoms with Crippen molar-refractivity contribution >= 4 is 38.6 Å². The number of anilines is 1. The molecular formula is C19H17BrFN5O4. The smallest absolute Gasteiger partial charge is 0.275 e. The van der Waals surface area contributed by atoms with E-state index < -0.39 is 17.3 Å². The minimum atomic E-state index is -0.625. The van der Waals surface area contributed by atoms with E-state index in [9.17, 15) is 14.0 Å². The molecule has 0 atom stereocenters. The molecule has 0 aliphatic heterocycles. The maximum atomic E-state index is 12.9. The third kappa shape index (κ3) is 4.31. The number of benzene rings is 1. The Balaban J connectivity index is 1.61. The van der Waals surface area contributed by atoms with Crippen molar-refractivity contribution in [2.75, 3.05) is 12.4 Å². The molecule has 11 heteroatoms. The molecule has 1 aliphatic carbocycles. The molecule has 9 nitrogen and oxygen atoms in total. The third-order valence-corrected chi connectivity index (χ3v) is 5.21. The summed E-state index contributed by atoms with van der Waals surface area (Å²) < 4.78 is 26.0. The van der Waals surface area contributed by atoms with Gasteiger partial charge in [-0.1, -0.05) is 15.9 Å². The van der Waals surface area contributed by atoms with Crippen LogP contribution >= 0.6 is 15.9 Å². The molecule has 2 aromatic heterocycles. The summed E-state index contributed by atoms with van der Waals surface area (Å²) in [7, 11) is 1.65. The first kappa shape index (κ1) is 20.4. The molecule has 0 bridgehead atoms. The number of fused-ring (bicyclic) bond motifs is 1. The number of nitrogens with zero attached hydrogens (tertiary/aromatic N) is 4. The fourth-order valence-electron chi connectivity index (χ4n) is 3.06. The quantitative estimate of drug-likeness (QED) is 0.579. The van der Waals surface area contributed by atoms with E-state index in [1.54, 1.807) is 25.3 Å². The van der Waals surface area contributed by atoms with Crippen LogP contribution in [0.2, 0.25) is 0 Å². The van der Waals surface area contributed by atoms with Crippen molar-refractivity contribution < 1.29 is 18.7 Å². The van der Waals surface area contributed by atoms with E-state index in [2.05, 4.69) is 36.3 Å². The molecule has 1 amide bonds. The Labute approximate surface area is 178 Å². The van der Waals surface area contributed by atoms with Crippen molar-refractivity contribution in [3.63, 3.8) is 0 Å². The lowest BCUT2D eigenvalue weighted by Crippen LogP contribution is -2.39. The van der Waals surface area contributed by atoms with Crippen LogP contribution in [0, 0.1) is 5.82 Å². The van der Waals surface area contributed by atoms with Gasteiger partial charge in [0.15, 0.2) is 5.82 Å². The highest BCUT2D eigenvalue weighted by molar-refractivity contribution is 9.10. The van der Waals surface area contributed by atoms with Gasteiger partial charge in [0, 0.05) is 24.4 Å². The molecule has 1 aliphatic rings. The Morgan fingerprint density at radius 2 is 2.00 bits per heavy atom. The molecule has 1 N–H and O–H groups in total. The summed E-state index contributed by atoms with van der Waals surface area (Å²) in [5.41, 5.74) is -0.441. The topological polar surface area (TPSA) is 108 Å². The van der Waals surface area contributed by atoms with Crippen molar-refractivity contribution in [1.29, 1.82) is 0 Å². The van der Waals surface area contributed by atoms with Gasteiger partial charge in [-0.05, 0) is 18.2 Å². The largest absolute Gasteiger partial charge is 0.473 e. The number of rotatable bonds is 6. The summed E-state index contributed by atoms with van der Waals surface area (Å²) >= 11 is 3.39. The van der Waals surface area contributed by atoms with Crippen molar-refractivity contribution in [2.45, 2.75) is 31.6 Å². The van der Waals surface area contributed by atoms with Crippen LogP contribution < -0.4 is 15.6 Å². The molecule has 4 rings (SSSR count). The normalized spacial score (nSPS) is 18.1. The van der Waals surface area contributed by atoms with Crippen LogP contribution in [0.25, 0.3) is 10.8 Å². The predicted octanol–water partition coefficient (Wildman–Crippen LogP) is 2.28. The number of hydrogen-bond donors (Lipinski definition) is 1. The maximum Gasteiger partial charge on any atom is 0.275 e. The third-order valence-electron chi connectivity index (χ3n) is 4.72. The summed E-state index contributed by atoms with van der Waals surface area (Å²) in [6.07, 6.45) is 3.35. The molecule has 3 aromatic rings. The number of carbonyl (C=O) groups is 1. The van der Waals surface area contributed by atoms with E-state index >= 15 is 0 Å². The molecule has 0 unspecified atom stereocenters. The Bertz CT molecular complexity index is 1150. The van der Waals surface area contributed by atoms with Crippen LogP contribution in [0.15, 0.2) is 39.9 Å². The van der Waals surface area contributed by atoms with Crippen LogP contribution in [0.5, 0.6) is 5.88 Å². The lowest BCUT2D eigenvalue weighted by molar-refractivity contribution is -0.117. The standard InChI is InChI=1S/C19H17BrFN5O4/c1-29-12-5-13(6-12)30-17-15-4-10(20)2-3-14(15)18(28)26(25-17)9-16(27)24-19-22-7-11(21)8-23-19/h2-4,7-8,12-13H,5-6,9H2,1H3,(H,22,23,24,27). The molecule has 0 saturated heterocycles. The first-order valence-electron chi connectivity index (χ1n) is 9.10. The van der Waals surface area contributed by atoms with Crippen LogP contribution in [0.1, 0.15) is 12.8 Å². The van der Waals surface area contributed by atoms with Gasteiger partial charge >= 0.3 is 0 Å². The van der Waals surface area contributed by atoms with Crippen LogP contribution in [0.4, 0.5) is 10.3 Å². The van der Waals surface area contributed by atoms with E-state index in [1.165, 1.54) is 0 Å². The summed E-state index contributed by atoms with van der Waals surface area (Å²) in [5.74, 6) is -1.02. The van der Waals surface area contributed by atoms with Gasteiger partial charge in [-0.2, -0.15) is 0 Å². The van der Waals surface area contributed by atoms with Crippen molar-refractivity contribution in [3.8, 4) is 5.88 Å². The van der Waals surface area contributed by atoms with Gasteiger partial charge < -0.3 is 9.47 Å². The molecule has 1 aromatic carbocycles. The summed E-state index contributed by atoms with van der Waals surface area (Å²) in [5, 5.41) is 7.60. The van der Waals surface area contributed by atoms with Crippen LogP contribution in [0.3, 0.4) is 0 Å². The summed E-state index contributed by atoms with van der Waals surface area (Å²) in [4.78, 5) is 32.5. The van der Waals surface area contributed by atoms with E-state index in [4.69, 9.17) is 9.47 Å². The van der Waals surface area contributed by atoms with Gasteiger partial charge in [0.25, 0.3) is 5.56 Å². The first-order chi connectivity index (χ1) is 14.4. The van der Waals surface area contributed by atoms with Crippen LogP contribution in [-0.2, 0) is 16.1 Å². The number of carbonyl (C=O) groups excluding carboxylic acids is 1. The zero-order valence-electron chi connectivity index (χ0n) is 15.8. The zero-order chi connectivity index (χ0) is 21.3. The molecule has 30 heavy (non-hydrogen) atoms. The number of amides is 1. The highest BCUT2D eigenvalue weighted by Crippen LogP contribution is 2.31. The Morgan fingerprint density at radius 1 is 1.27 bits per heavy atom. The van der Waals surface area contributed by atoms with E-state index in [1.807, 2.05) is 0 Å². The predicted molar refractivity (Wildman–Crippen MR) is 109 cm³/mol. The van der Waals surface area contributed by atoms with Gasteiger partial charge in [-0.3, -0.25) is 14.9 Å². The number of aromatic nitrogens is 4. The molecular weight excluding hydrogens is 461 g/mol. The second-order valence-corrected chi connectivity index (χ2v) is 7.72. The van der Waals surface area contributed by atoms with Gasteiger partial charge in [0.1, 0.15) is 12.6 Å². The average molecular weight is 478 g/mol. The minimum absolute atomic E-state index is 0.0734. The second kappa shape index (κ2) is 8.44. The molecule has 1 fully saturated rings. The van der Waals surface area contributed by atoms with Gasteiger partial charge in [0.2, 0.25) is 17.7 Å². The highest BCUT2D eigenvalue weighted by atomic mass is 79.9. The number of halogens is 2. The van der Waals surface area contributed by atoms with Crippen molar-refractivity contribution in [3.05, 3.63) is 51.2 Å². The Hall–Kier alpha value is -2.92. The second-order valence-electron chi connectivity index (χ2n) is 6.80. The van der Waals surface area contributed by atoms with E-state index in [0.29, 0.717) is 10.8 Å². The van der Waals surface area contributed by atoms with Gasteiger partial charge in [0.05, 0.1) is 29.3 Å². The minimum Gasteiger partial charge on any atom is -0.473 e. The molecule has 2 heterocycles. The lowest BCUT2D eigenvalue weighted by atomic mass is 9.92. The molecule has 0 radical (unpaired) electrons. The van der Waals surface area contributed by atoms with Crippen molar-refractivity contribution in [1.82, 2.24) is 19.7 Å². The van der Waals surface area contributed by atoms with Gasteiger partial charge in [-0.15, -0.1) is 5.10 Å². The SMILES string of the molecule is COC1CC(Oc2nn(CC(=O)Nc3ncc(F)cn3)c(=O)c3ccc(Br)cc23)C1. The van der Waals surface area contributed by atoms with Crippen LogP contribution in [-0.4, -0.2) is 45.0 Å². The maximum absolute atomic E-state index is 12.9. The first-order valence-corrected chi connectivity index (χ1v) is 9.89. The molecule has 156 valence electrons. The average Bonchev–Trinajstić information content (AvgIpc) is 2.69. The molecule has 1 saturated carbocycles.